The van der Waals surface area contributed by atoms with Crippen LogP contribution in [0.5, 0.6) is 0 Å². The lowest BCUT2D eigenvalue weighted by Gasteiger charge is -2.46. The van der Waals surface area contributed by atoms with E-state index in [0.29, 0.717) is 0 Å². The normalized spacial score (nSPS) is 25.2. The summed E-state index contributed by atoms with van der Waals surface area (Å²) >= 11 is 0. The molecule has 1 saturated heterocycles. The highest BCUT2D eigenvalue weighted by Crippen LogP contribution is 2.61. The lowest BCUT2D eigenvalue weighted by atomic mass is 9.54. The number of rotatable bonds is 1. The van der Waals surface area contributed by atoms with E-state index in [9.17, 15) is 9.59 Å². The van der Waals surface area contributed by atoms with E-state index in [1.54, 1.807) is 0 Å². The van der Waals surface area contributed by atoms with Crippen LogP contribution in [0.25, 0.3) is 0 Å². The predicted octanol–water partition coefficient (Wildman–Crippen LogP) is 6.00. The maximum atomic E-state index is 14.0. The third-order valence-electron chi connectivity index (χ3n) is 8.00. The van der Waals surface area contributed by atoms with E-state index in [4.69, 9.17) is 0 Å². The molecule has 0 aromatic heterocycles. The minimum atomic E-state index is -0.346. The van der Waals surface area contributed by atoms with Gasteiger partial charge in [0.15, 0.2) is 0 Å². The second kappa shape index (κ2) is 6.66. The molecule has 166 valence electrons. The number of carbonyl (C=O) groups is 2. The quantitative estimate of drug-likeness (QED) is 0.440. The first-order valence-corrected chi connectivity index (χ1v) is 11.9. The van der Waals surface area contributed by atoms with Gasteiger partial charge < -0.3 is 0 Å². The summed E-state index contributed by atoms with van der Waals surface area (Å²) in [5.74, 6) is -0.944. The highest BCUT2D eigenvalue weighted by atomic mass is 16.2. The van der Waals surface area contributed by atoms with Crippen LogP contribution in [0.15, 0.2) is 60.7 Å². The second-order valence-electron chi connectivity index (χ2n) is 11.0. The Morgan fingerprint density at radius 2 is 1.27 bits per heavy atom. The summed E-state index contributed by atoms with van der Waals surface area (Å²) in [6.07, 6.45) is 0. The van der Waals surface area contributed by atoms with Crippen molar-refractivity contribution in [2.24, 2.45) is 11.8 Å². The first kappa shape index (κ1) is 20.4. The van der Waals surface area contributed by atoms with E-state index in [1.807, 2.05) is 32.0 Å². The monoisotopic (exact) mass is 435 g/mol. The maximum Gasteiger partial charge on any atom is 0.238 e. The molecule has 2 bridgehead atoms. The molecule has 4 aliphatic rings. The van der Waals surface area contributed by atoms with Crippen LogP contribution in [0.4, 0.5) is 5.69 Å². The molecular formula is C30H29NO2. The van der Waals surface area contributed by atoms with Crippen LogP contribution in [-0.2, 0) is 15.0 Å². The molecule has 0 radical (unpaired) electrons. The van der Waals surface area contributed by atoms with E-state index in [2.05, 4.69) is 63.2 Å². The van der Waals surface area contributed by atoms with Crippen LogP contribution in [0.1, 0.15) is 71.6 Å². The first-order valence-electron chi connectivity index (χ1n) is 11.9. The van der Waals surface area contributed by atoms with Crippen molar-refractivity contribution < 1.29 is 9.59 Å². The highest BCUT2D eigenvalue weighted by molar-refractivity contribution is 6.23. The van der Waals surface area contributed by atoms with Gasteiger partial charge in [-0.2, -0.15) is 0 Å². The Balaban J connectivity index is 1.56. The number of imide groups is 1. The van der Waals surface area contributed by atoms with Gasteiger partial charge in [-0.25, -0.2) is 4.90 Å². The molecule has 3 aromatic carbocycles. The van der Waals surface area contributed by atoms with Gasteiger partial charge in [0.1, 0.15) is 0 Å². The molecule has 0 N–H and O–H groups in total. The predicted molar refractivity (Wildman–Crippen MR) is 131 cm³/mol. The summed E-state index contributed by atoms with van der Waals surface area (Å²) in [6.45, 7) is 10.7. The Morgan fingerprint density at radius 1 is 0.697 bits per heavy atom. The van der Waals surface area contributed by atoms with Crippen molar-refractivity contribution in [1.29, 1.82) is 0 Å². The molecule has 0 saturated carbocycles. The van der Waals surface area contributed by atoms with Crippen LogP contribution in [-0.4, -0.2) is 11.8 Å². The van der Waals surface area contributed by atoms with Crippen molar-refractivity contribution in [1.82, 2.24) is 0 Å². The van der Waals surface area contributed by atoms with E-state index in [-0.39, 0.29) is 40.9 Å². The maximum absolute atomic E-state index is 14.0. The van der Waals surface area contributed by atoms with Crippen molar-refractivity contribution in [2.45, 2.75) is 51.9 Å². The molecule has 3 aromatic rings. The Hall–Kier alpha value is -3.20. The zero-order valence-corrected chi connectivity index (χ0v) is 19.8. The molecule has 2 amide bonds. The first-order chi connectivity index (χ1) is 15.7. The average Bonchev–Trinajstić information content (AvgIpc) is 3.04. The van der Waals surface area contributed by atoms with Gasteiger partial charge in [-0.05, 0) is 58.7 Å². The number of hydrogen-bond acceptors (Lipinski definition) is 2. The summed E-state index contributed by atoms with van der Waals surface area (Å²) in [6, 6.07) is 21.1. The van der Waals surface area contributed by atoms with Gasteiger partial charge in [-0.3, -0.25) is 9.59 Å². The molecule has 1 fully saturated rings. The summed E-state index contributed by atoms with van der Waals surface area (Å²) in [7, 11) is 0. The summed E-state index contributed by atoms with van der Waals surface area (Å²) in [4.78, 5) is 29.4. The molecule has 3 nitrogen and oxygen atoms in total. The lowest BCUT2D eigenvalue weighted by Crippen LogP contribution is -2.41. The van der Waals surface area contributed by atoms with E-state index in [1.165, 1.54) is 32.7 Å². The molecule has 3 heteroatoms. The molecule has 4 atom stereocenters. The van der Waals surface area contributed by atoms with Gasteiger partial charge in [-0.15, -0.1) is 0 Å². The number of aryl methyl sites for hydroxylation is 2. The van der Waals surface area contributed by atoms with E-state index >= 15 is 0 Å². The fourth-order valence-electron chi connectivity index (χ4n) is 6.49. The molecule has 0 spiro atoms. The Morgan fingerprint density at radius 3 is 1.85 bits per heavy atom. The van der Waals surface area contributed by atoms with Crippen molar-refractivity contribution in [3.63, 3.8) is 0 Å². The topological polar surface area (TPSA) is 37.4 Å². The SMILES string of the molecule is Cc1ccc(N2C(=O)C3C4c5ccccc5C(c5cc(C(C)(C)C)ccc54)C3C2=O)c(C)c1. The van der Waals surface area contributed by atoms with Gasteiger partial charge >= 0.3 is 0 Å². The van der Waals surface area contributed by atoms with Crippen molar-refractivity contribution in [2.75, 3.05) is 4.90 Å². The second-order valence-corrected chi connectivity index (χ2v) is 11.0. The number of anilines is 1. The minimum Gasteiger partial charge on any atom is -0.274 e. The van der Waals surface area contributed by atoms with Crippen LogP contribution in [0.2, 0.25) is 0 Å². The van der Waals surface area contributed by atoms with Gasteiger partial charge in [0.25, 0.3) is 0 Å². The molecule has 1 aliphatic heterocycles. The number of hydrogen-bond donors (Lipinski definition) is 0. The summed E-state index contributed by atoms with van der Waals surface area (Å²) < 4.78 is 0. The molecule has 1 heterocycles. The smallest absolute Gasteiger partial charge is 0.238 e. The number of nitrogens with zero attached hydrogens (tertiary/aromatic N) is 1. The molecule has 33 heavy (non-hydrogen) atoms. The van der Waals surface area contributed by atoms with Crippen LogP contribution in [0, 0.1) is 25.7 Å². The van der Waals surface area contributed by atoms with Crippen molar-refractivity contribution in [3.8, 4) is 0 Å². The minimum absolute atomic E-state index is 0.0190. The van der Waals surface area contributed by atoms with Crippen molar-refractivity contribution in [3.05, 3.63) is 99.6 Å². The summed E-state index contributed by atoms with van der Waals surface area (Å²) in [5.41, 5.74) is 8.99. The van der Waals surface area contributed by atoms with E-state index < -0.39 is 0 Å². The highest BCUT2D eigenvalue weighted by Gasteiger charge is 2.62. The van der Waals surface area contributed by atoms with Gasteiger partial charge in [0.2, 0.25) is 11.8 Å². The fraction of sp³-hybridized carbons (Fsp3) is 0.333. The Labute approximate surface area is 195 Å². The Kier molecular flexibility index (Phi) is 4.12. The third-order valence-corrected chi connectivity index (χ3v) is 8.00. The standard InChI is InChI=1S/C30H29NO2/c1-16-10-13-23(17(2)14-16)31-28(32)26-24-19-8-6-7-9-20(19)25(27(26)29(31)33)22-15-18(30(3,4)5)11-12-21(22)24/h6-15,24-27H,1-5H3. The lowest BCUT2D eigenvalue weighted by molar-refractivity contribution is -0.122. The fourth-order valence-corrected chi connectivity index (χ4v) is 6.49. The van der Waals surface area contributed by atoms with E-state index in [0.717, 1.165) is 16.8 Å². The number of amides is 2. The number of carbonyl (C=O) groups excluding carboxylic acids is 2. The van der Waals surface area contributed by atoms with Gasteiger partial charge in [0.05, 0.1) is 17.5 Å². The summed E-state index contributed by atoms with van der Waals surface area (Å²) in [5, 5.41) is 0. The Bertz CT molecular complexity index is 1350. The van der Waals surface area contributed by atoms with Crippen LogP contribution < -0.4 is 4.90 Å². The van der Waals surface area contributed by atoms with Crippen LogP contribution >= 0.6 is 0 Å². The molecule has 7 rings (SSSR count). The zero-order chi connectivity index (χ0) is 23.2. The zero-order valence-electron chi connectivity index (χ0n) is 19.8. The molecule has 3 aliphatic carbocycles. The largest absolute Gasteiger partial charge is 0.274 e. The van der Waals surface area contributed by atoms with Gasteiger partial charge in [0, 0.05) is 11.8 Å². The number of benzene rings is 3. The molecule has 4 unspecified atom stereocenters. The van der Waals surface area contributed by atoms with Crippen LogP contribution in [0.3, 0.4) is 0 Å². The van der Waals surface area contributed by atoms with Gasteiger partial charge in [-0.1, -0.05) is 80.9 Å². The third kappa shape index (κ3) is 2.68. The average molecular weight is 436 g/mol. The van der Waals surface area contributed by atoms with Crippen molar-refractivity contribution >= 4 is 17.5 Å². The molecular weight excluding hydrogens is 406 g/mol.